The van der Waals surface area contributed by atoms with Crippen LogP contribution in [0.1, 0.15) is 6.92 Å². The Labute approximate surface area is 59.6 Å². The Balaban J connectivity index is 4.66. The van der Waals surface area contributed by atoms with Crippen molar-refractivity contribution in [2.75, 3.05) is 6.26 Å². The van der Waals surface area contributed by atoms with Gasteiger partial charge in [0.2, 0.25) is 0 Å². The SMILES string of the molecule is CC(=O)C(N)=CS(C)(=O)=O. The van der Waals surface area contributed by atoms with Gasteiger partial charge in [-0.2, -0.15) is 0 Å². The first-order chi connectivity index (χ1) is 4.33. The van der Waals surface area contributed by atoms with E-state index in [0.29, 0.717) is 0 Å². The molecule has 5 heteroatoms. The molecule has 0 heterocycles. The van der Waals surface area contributed by atoms with E-state index >= 15 is 0 Å². The summed E-state index contributed by atoms with van der Waals surface area (Å²) in [6, 6.07) is 0. The van der Waals surface area contributed by atoms with E-state index in [-0.39, 0.29) is 5.70 Å². The molecule has 4 nitrogen and oxygen atoms in total. The molecule has 10 heavy (non-hydrogen) atoms. The number of Topliss-reactive ketones (excluding diaryl/α,β-unsaturated/α-hetero) is 1. The molecule has 0 unspecified atom stereocenters. The van der Waals surface area contributed by atoms with E-state index in [1.54, 1.807) is 0 Å². The van der Waals surface area contributed by atoms with Crippen molar-refractivity contribution >= 4 is 15.6 Å². The fourth-order valence-electron chi connectivity index (χ4n) is 0.314. The van der Waals surface area contributed by atoms with Crippen LogP contribution >= 0.6 is 0 Å². The number of hydrogen-bond acceptors (Lipinski definition) is 4. The van der Waals surface area contributed by atoms with Gasteiger partial charge in [0.1, 0.15) is 0 Å². The Kier molecular flexibility index (Phi) is 2.59. The van der Waals surface area contributed by atoms with Crippen LogP contribution in [0.4, 0.5) is 0 Å². The molecule has 0 saturated heterocycles. The van der Waals surface area contributed by atoms with Crippen molar-refractivity contribution in [2.45, 2.75) is 6.92 Å². The highest BCUT2D eigenvalue weighted by molar-refractivity contribution is 7.93. The summed E-state index contributed by atoms with van der Waals surface area (Å²) in [6.45, 7) is 1.21. The van der Waals surface area contributed by atoms with E-state index in [0.717, 1.165) is 11.7 Å². The van der Waals surface area contributed by atoms with Crippen molar-refractivity contribution in [3.63, 3.8) is 0 Å². The van der Waals surface area contributed by atoms with Crippen molar-refractivity contribution in [3.05, 3.63) is 11.1 Å². The van der Waals surface area contributed by atoms with Crippen LogP contribution in [0.3, 0.4) is 0 Å². The molecule has 0 aliphatic rings. The molecule has 0 aliphatic carbocycles. The molecule has 2 N–H and O–H groups in total. The lowest BCUT2D eigenvalue weighted by molar-refractivity contribution is -0.113. The molecule has 0 aliphatic heterocycles. The van der Waals surface area contributed by atoms with Crippen LogP contribution in [-0.2, 0) is 14.6 Å². The van der Waals surface area contributed by atoms with Crippen molar-refractivity contribution in [1.82, 2.24) is 0 Å². The van der Waals surface area contributed by atoms with Gasteiger partial charge in [0.15, 0.2) is 15.6 Å². The number of rotatable bonds is 2. The molecular formula is C5H9NO3S. The third kappa shape index (κ3) is 4.08. The highest BCUT2D eigenvalue weighted by Crippen LogP contribution is 1.91. The maximum absolute atomic E-state index is 10.4. The Morgan fingerprint density at radius 1 is 1.50 bits per heavy atom. The van der Waals surface area contributed by atoms with Crippen LogP contribution in [0.2, 0.25) is 0 Å². The molecule has 0 spiro atoms. The summed E-state index contributed by atoms with van der Waals surface area (Å²) >= 11 is 0. The highest BCUT2D eigenvalue weighted by atomic mass is 32.2. The van der Waals surface area contributed by atoms with Gasteiger partial charge in [-0.3, -0.25) is 4.79 Å². The smallest absolute Gasteiger partial charge is 0.176 e. The molecule has 0 atom stereocenters. The van der Waals surface area contributed by atoms with Gasteiger partial charge < -0.3 is 5.73 Å². The zero-order valence-corrected chi connectivity index (χ0v) is 6.60. The van der Waals surface area contributed by atoms with Crippen molar-refractivity contribution in [3.8, 4) is 0 Å². The second-order valence-electron chi connectivity index (χ2n) is 1.96. The second kappa shape index (κ2) is 2.83. The van der Waals surface area contributed by atoms with Crippen molar-refractivity contribution in [2.24, 2.45) is 5.73 Å². The zero-order chi connectivity index (χ0) is 8.36. The summed E-state index contributed by atoms with van der Waals surface area (Å²) in [5, 5.41) is 0.745. The van der Waals surface area contributed by atoms with E-state index in [2.05, 4.69) is 0 Å². The maximum atomic E-state index is 10.4. The molecule has 58 valence electrons. The number of nitrogens with two attached hydrogens (primary N) is 1. The first kappa shape index (κ1) is 9.16. The van der Waals surface area contributed by atoms with Gasteiger partial charge in [0, 0.05) is 13.2 Å². The topological polar surface area (TPSA) is 77.2 Å². The highest BCUT2D eigenvalue weighted by Gasteiger charge is 2.01. The first-order valence-corrected chi connectivity index (χ1v) is 4.46. The molecule has 0 aromatic carbocycles. The quantitative estimate of drug-likeness (QED) is 0.552. The van der Waals surface area contributed by atoms with E-state index < -0.39 is 15.6 Å². The molecule has 0 bridgehead atoms. The minimum Gasteiger partial charge on any atom is -0.395 e. The summed E-state index contributed by atoms with van der Waals surface area (Å²) in [5.74, 6) is -0.439. The molecule has 0 radical (unpaired) electrons. The Bertz CT molecular complexity index is 263. The minimum absolute atomic E-state index is 0.234. The molecule has 0 aromatic rings. The van der Waals surface area contributed by atoms with Crippen LogP contribution in [0.5, 0.6) is 0 Å². The Morgan fingerprint density at radius 3 is 2.00 bits per heavy atom. The predicted molar refractivity (Wildman–Crippen MR) is 37.8 cm³/mol. The Morgan fingerprint density at radius 2 is 1.90 bits per heavy atom. The lowest BCUT2D eigenvalue weighted by Gasteiger charge is -1.91. The molecule has 0 rings (SSSR count). The predicted octanol–water partition coefficient (Wildman–Crippen LogP) is -0.580. The third-order valence-corrected chi connectivity index (χ3v) is 1.43. The second-order valence-corrected chi connectivity index (χ2v) is 3.85. The summed E-state index contributed by atoms with van der Waals surface area (Å²) in [5.41, 5.74) is 4.80. The van der Waals surface area contributed by atoms with Gasteiger partial charge in [-0.25, -0.2) is 8.42 Å². The minimum atomic E-state index is -3.28. The number of sulfone groups is 1. The fourth-order valence-corrected chi connectivity index (χ4v) is 0.941. The van der Waals surface area contributed by atoms with Crippen molar-refractivity contribution in [1.29, 1.82) is 0 Å². The van der Waals surface area contributed by atoms with E-state index in [1.807, 2.05) is 0 Å². The van der Waals surface area contributed by atoms with Crippen LogP contribution in [0.15, 0.2) is 11.1 Å². The lowest BCUT2D eigenvalue weighted by Crippen LogP contribution is -2.09. The number of carbonyl (C=O) groups is 1. The summed E-state index contributed by atoms with van der Waals surface area (Å²) in [7, 11) is -3.28. The number of allylic oxidation sites excluding steroid dienone is 1. The average molecular weight is 163 g/mol. The summed E-state index contributed by atoms with van der Waals surface area (Å²) in [6.07, 6.45) is 0.975. The van der Waals surface area contributed by atoms with Gasteiger partial charge in [0.25, 0.3) is 0 Å². The van der Waals surface area contributed by atoms with Gasteiger partial charge in [-0.05, 0) is 0 Å². The third-order valence-electron chi connectivity index (χ3n) is 0.748. The summed E-state index contributed by atoms with van der Waals surface area (Å²) < 4.78 is 20.9. The van der Waals surface area contributed by atoms with Gasteiger partial charge in [-0.1, -0.05) is 0 Å². The Hall–Kier alpha value is -0.840. The molecular weight excluding hydrogens is 154 g/mol. The van der Waals surface area contributed by atoms with Gasteiger partial charge >= 0.3 is 0 Å². The first-order valence-electron chi connectivity index (χ1n) is 2.51. The molecule has 0 amide bonds. The number of ketones is 1. The van der Waals surface area contributed by atoms with Crippen LogP contribution in [-0.4, -0.2) is 20.5 Å². The van der Waals surface area contributed by atoms with E-state index in [4.69, 9.17) is 5.73 Å². The molecule has 0 aromatic heterocycles. The zero-order valence-electron chi connectivity index (χ0n) is 5.79. The van der Waals surface area contributed by atoms with Crippen LogP contribution in [0.25, 0.3) is 0 Å². The number of hydrogen-bond donors (Lipinski definition) is 1. The van der Waals surface area contributed by atoms with Gasteiger partial charge in [0.05, 0.1) is 11.1 Å². The normalized spacial score (nSPS) is 13.2. The fraction of sp³-hybridized carbons (Fsp3) is 0.400. The standard InChI is InChI=1S/C5H9NO3S/c1-4(7)5(6)3-10(2,8)9/h3H,6H2,1-2H3. The largest absolute Gasteiger partial charge is 0.395 e. The summed E-state index contributed by atoms with van der Waals surface area (Å²) in [4.78, 5) is 10.4. The average Bonchev–Trinajstić information content (AvgIpc) is 1.60. The van der Waals surface area contributed by atoms with Crippen molar-refractivity contribution < 1.29 is 13.2 Å². The van der Waals surface area contributed by atoms with Crippen LogP contribution < -0.4 is 5.73 Å². The molecule has 0 saturated carbocycles. The van der Waals surface area contributed by atoms with Gasteiger partial charge in [-0.15, -0.1) is 0 Å². The monoisotopic (exact) mass is 163 g/mol. The molecule has 0 fully saturated rings. The maximum Gasteiger partial charge on any atom is 0.176 e. The van der Waals surface area contributed by atoms with E-state index in [1.165, 1.54) is 6.92 Å². The number of carbonyl (C=O) groups excluding carboxylic acids is 1. The lowest BCUT2D eigenvalue weighted by atomic mass is 10.4. The van der Waals surface area contributed by atoms with Crippen LogP contribution in [0, 0.1) is 0 Å². The van der Waals surface area contributed by atoms with E-state index in [9.17, 15) is 13.2 Å².